The fourth-order valence-electron chi connectivity index (χ4n) is 3.08. The van der Waals surface area contributed by atoms with Crippen molar-refractivity contribution in [2.45, 2.75) is 4.90 Å². The summed E-state index contributed by atoms with van der Waals surface area (Å²) < 4.78 is 23.4. The van der Waals surface area contributed by atoms with Crippen molar-refractivity contribution in [3.05, 3.63) is 79.3 Å². The second kappa shape index (κ2) is 8.02. The van der Waals surface area contributed by atoms with E-state index in [2.05, 4.69) is 20.3 Å². The molecule has 0 aliphatic carbocycles. The summed E-state index contributed by atoms with van der Waals surface area (Å²) in [5.41, 5.74) is 4.76. The van der Waals surface area contributed by atoms with Crippen molar-refractivity contribution in [1.29, 1.82) is 0 Å². The van der Waals surface area contributed by atoms with Crippen molar-refractivity contribution in [3.63, 3.8) is 0 Å². The number of sulfonamides is 1. The van der Waals surface area contributed by atoms with E-state index in [4.69, 9.17) is 5.14 Å². The van der Waals surface area contributed by atoms with Gasteiger partial charge in [0, 0.05) is 36.8 Å². The summed E-state index contributed by atoms with van der Waals surface area (Å²) in [4.78, 5) is 13.4. The fraction of sp³-hybridized carbons (Fsp3) is 0.0455. The highest BCUT2D eigenvalue weighted by Crippen LogP contribution is 2.30. The highest BCUT2D eigenvalue weighted by Gasteiger charge is 2.11. The van der Waals surface area contributed by atoms with Gasteiger partial charge in [-0.1, -0.05) is 18.2 Å². The van der Waals surface area contributed by atoms with Gasteiger partial charge in [0.2, 0.25) is 10.0 Å². The highest BCUT2D eigenvalue weighted by molar-refractivity contribution is 7.89. The van der Waals surface area contributed by atoms with Crippen LogP contribution in [0.5, 0.6) is 0 Å². The second-order valence-corrected chi connectivity index (χ2v) is 8.19. The fourth-order valence-corrected chi connectivity index (χ4v) is 3.64. The Labute approximate surface area is 174 Å². The maximum absolute atomic E-state index is 11.7. The van der Waals surface area contributed by atoms with Crippen LogP contribution in [0.1, 0.15) is 0 Å². The lowest BCUT2D eigenvalue weighted by Gasteiger charge is -2.10. The monoisotopic (exact) mass is 417 g/mol. The van der Waals surface area contributed by atoms with Crippen LogP contribution in [-0.4, -0.2) is 30.4 Å². The van der Waals surface area contributed by atoms with Crippen molar-refractivity contribution in [1.82, 2.24) is 15.0 Å². The average Bonchev–Trinajstić information content (AvgIpc) is 2.79. The van der Waals surface area contributed by atoms with Crippen molar-refractivity contribution in [3.8, 4) is 33.6 Å². The third kappa shape index (κ3) is 4.19. The minimum Gasteiger partial charge on any atom is -0.373 e. The number of anilines is 1. The molecule has 150 valence electrons. The topological polar surface area (TPSA) is 111 Å². The van der Waals surface area contributed by atoms with E-state index in [-0.39, 0.29) is 4.90 Å². The highest BCUT2D eigenvalue weighted by atomic mass is 32.2. The van der Waals surface area contributed by atoms with E-state index in [1.54, 1.807) is 30.7 Å². The summed E-state index contributed by atoms with van der Waals surface area (Å²) in [6.07, 6.45) is 5.17. The molecule has 4 aromatic rings. The predicted molar refractivity (Wildman–Crippen MR) is 117 cm³/mol. The molecule has 0 atom stereocenters. The molecule has 0 spiro atoms. The van der Waals surface area contributed by atoms with Crippen LogP contribution in [0.2, 0.25) is 0 Å². The molecule has 0 amide bonds. The number of pyridine rings is 3. The van der Waals surface area contributed by atoms with E-state index in [1.165, 1.54) is 6.07 Å². The minimum atomic E-state index is -3.78. The summed E-state index contributed by atoms with van der Waals surface area (Å²) in [6, 6.07) is 18.0. The Morgan fingerprint density at radius 3 is 2.33 bits per heavy atom. The van der Waals surface area contributed by atoms with E-state index in [1.807, 2.05) is 49.5 Å². The van der Waals surface area contributed by atoms with Gasteiger partial charge in [-0.05, 0) is 53.6 Å². The van der Waals surface area contributed by atoms with Crippen molar-refractivity contribution in [2.75, 3.05) is 12.4 Å². The molecule has 3 N–H and O–H groups in total. The maximum atomic E-state index is 11.7. The number of hydrogen-bond donors (Lipinski definition) is 2. The summed E-state index contributed by atoms with van der Waals surface area (Å²) in [5, 5.41) is 8.34. The van der Waals surface area contributed by atoms with Crippen LogP contribution >= 0.6 is 0 Å². The lowest BCUT2D eigenvalue weighted by Crippen LogP contribution is -2.11. The molecule has 3 aromatic heterocycles. The normalized spacial score (nSPS) is 11.3. The van der Waals surface area contributed by atoms with Crippen LogP contribution in [0, 0.1) is 0 Å². The van der Waals surface area contributed by atoms with Gasteiger partial charge < -0.3 is 5.32 Å². The maximum Gasteiger partial charge on any atom is 0.238 e. The smallest absolute Gasteiger partial charge is 0.238 e. The Kier molecular flexibility index (Phi) is 5.26. The summed E-state index contributed by atoms with van der Waals surface area (Å²) in [7, 11) is -1.98. The third-order valence-corrected chi connectivity index (χ3v) is 5.49. The van der Waals surface area contributed by atoms with E-state index >= 15 is 0 Å². The summed E-state index contributed by atoms with van der Waals surface area (Å²) >= 11 is 0. The molecule has 0 aliphatic rings. The standard InChI is InChI=1S/C22H19N5O2S/c1-24-22-12-16(11-21(27-22)20-7-2-3-8-26-20)18-9-17(13-25-14-18)15-5-4-6-19(10-15)30(23,28)29/h2-14H,1H3,(H,24,27)(H2,23,28,29). The largest absolute Gasteiger partial charge is 0.373 e. The Bertz CT molecular complexity index is 1310. The molecule has 30 heavy (non-hydrogen) atoms. The summed E-state index contributed by atoms with van der Waals surface area (Å²) in [6.45, 7) is 0. The minimum absolute atomic E-state index is 0.0595. The van der Waals surface area contributed by atoms with E-state index in [9.17, 15) is 8.42 Å². The molecule has 0 bridgehead atoms. The zero-order valence-electron chi connectivity index (χ0n) is 16.1. The van der Waals surface area contributed by atoms with Crippen LogP contribution < -0.4 is 10.5 Å². The van der Waals surface area contributed by atoms with Crippen LogP contribution in [0.15, 0.2) is 84.1 Å². The Morgan fingerprint density at radius 1 is 0.833 bits per heavy atom. The molecule has 3 heterocycles. The van der Waals surface area contributed by atoms with Crippen LogP contribution in [0.3, 0.4) is 0 Å². The number of benzene rings is 1. The molecule has 1 aromatic carbocycles. The number of aromatic nitrogens is 3. The Balaban J connectivity index is 1.80. The SMILES string of the molecule is CNc1cc(-c2cncc(-c3cccc(S(N)(=O)=O)c3)c2)cc(-c2ccccn2)n1. The van der Waals surface area contributed by atoms with Gasteiger partial charge in [-0.15, -0.1) is 0 Å². The van der Waals surface area contributed by atoms with Crippen molar-refractivity contribution >= 4 is 15.8 Å². The number of nitrogens with one attached hydrogen (secondary N) is 1. The van der Waals surface area contributed by atoms with Crippen LogP contribution in [-0.2, 0) is 10.0 Å². The first kappa shape index (κ1) is 19.7. The molecular weight excluding hydrogens is 398 g/mol. The van der Waals surface area contributed by atoms with Gasteiger partial charge in [0.1, 0.15) is 5.82 Å². The number of primary sulfonamides is 1. The van der Waals surface area contributed by atoms with Crippen LogP contribution in [0.25, 0.3) is 33.6 Å². The van der Waals surface area contributed by atoms with Gasteiger partial charge in [-0.3, -0.25) is 9.97 Å². The first-order chi connectivity index (χ1) is 14.4. The molecule has 8 heteroatoms. The van der Waals surface area contributed by atoms with E-state index < -0.39 is 10.0 Å². The molecule has 0 saturated heterocycles. The zero-order chi connectivity index (χ0) is 21.1. The number of nitrogens with zero attached hydrogens (tertiary/aromatic N) is 3. The predicted octanol–water partition coefficient (Wildman–Crippen LogP) is 3.56. The zero-order valence-corrected chi connectivity index (χ0v) is 17.0. The Hall–Kier alpha value is -3.62. The van der Waals surface area contributed by atoms with Crippen molar-refractivity contribution in [2.24, 2.45) is 5.14 Å². The Morgan fingerprint density at radius 2 is 1.63 bits per heavy atom. The molecule has 0 radical (unpaired) electrons. The van der Waals surface area contributed by atoms with E-state index in [0.29, 0.717) is 11.4 Å². The number of nitrogens with two attached hydrogens (primary N) is 1. The molecular formula is C22H19N5O2S. The summed E-state index contributed by atoms with van der Waals surface area (Å²) in [5.74, 6) is 0.703. The number of hydrogen-bond acceptors (Lipinski definition) is 6. The molecule has 0 unspecified atom stereocenters. The van der Waals surface area contributed by atoms with Crippen molar-refractivity contribution < 1.29 is 8.42 Å². The lowest BCUT2D eigenvalue weighted by molar-refractivity contribution is 0.598. The molecule has 7 nitrogen and oxygen atoms in total. The quantitative estimate of drug-likeness (QED) is 0.514. The molecule has 0 saturated carbocycles. The lowest BCUT2D eigenvalue weighted by atomic mass is 10.0. The van der Waals surface area contributed by atoms with Gasteiger partial charge in [0.25, 0.3) is 0 Å². The van der Waals surface area contributed by atoms with Crippen LogP contribution in [0.4, 0.5) is 5.82 Å². The molecule has 4 rings (SSSR count). The third-order valence-electron chi connectivity index (χ3n) is 4.58. The molecule has 0 fully saturated rings. The number of rotatable bonds is 5. The van der Waals surface area contributed by atoms with Gasteiger partial charge >= 0.3 is 0 Å². The first-order valence-electron chi connectivity index (χ1n) is 9.14. The van der Waals surface area contributed by atoms with Gasteiger partial charge in [-0.25, -0.2) is 18.5 Å². The molecule has 0 aliphatic heterocycles. The second-order valence-electron chi connectivity index (χ2n) is 6.63. The first-order valence-corrected chi connectivity index (χ1v) is 10.7. The van der Waals surface area contributed by atoms with Gasteiger partial charge in [-0.2, -0.15) is 0 Å². The van der Waals surface area contributed by atoms with Gasteiger partial charge in [0.05, 0.1) is 16.3 Å². The van der Waals surface area contributed by atoms with E-state index in [0.717, 1.165) is 28.1 Å². The average molecular weight is 417 g/mol. The van der Waals surface area contributed by atoms with Gasteiger partial charge in [0.15, 0.2) is 0 Å².